The molecule has 0 saturated carbocycles. The fourth-order valence-electron chi connectivity index (χ4n) is 4.97. The van der Waals surface area contributed by atoms with Gasteiger partial charge in [-0.25, -0.2) is 0 Å². The molecule has 0 aliphatic rings. The SMILES string of the molecule is CCCC(CCC)C[Si](CC(CCC)CCC)CC(CCC)CCC. The van der Waals surface area contributed by atoms with E-state index in [2.05, 4.69) is 41.5 Å². The van der Waals surface area contributed by atoms with Crippen LogP contribution in [0.4, 0.5) is 0 Å². The lowest BCUT2D eigenvalue weighted by atomic mass is 10.00. The van der Waals surface area contributed by atoms with Crippen molar-refractivity contribution >= 4 is 8.80 Å². The molecule has 0 N–H and O–H groups in total. The van der Waals surface area contributed by atoms with Crippen LogP contribution in [0.1, 0.15) is 119 Å². The molecule has 0 spiro atoms. The highest BCUT2D eigenvalue weighted by Crippen LogP contribution is 2.32. The largest absolute Gasteiger partial charge is 0.0654 e. The van der Waals surface area contributed by atoms with Gasteiger partial charge in [0, 0.05) is 8.80 Å². The van der Waals surface area contributed by atoms with Gasteiger partial charge in [-0.3, -0.25) is 0 Å². The highest BCUT2D eigenvalue weighted by molar-refractivity contribution is 6.59. The van der Waals surface area contributed by atoms with Gasteiger partial charge in [0.05, 0.1) is 0 Å². The van der Waals surface area contributed by atoms with Crippen molar-refractivity contribution in [2.24, 2.45) is 17.8 Å². The summed E-state index contributed by atoms with van der Waals surface area (Å²) in [5.74, 6) is 3.12. The van der Waals surface area contributed by atoms with Crippen LogP contribution in [-0.2, 0) is 0 Å². The second-order valence-corrected chi connectivity index (χ2v) is 11.4. The molecule has 0 unspecified atom stereocenters. The van der Waals surface area contributed by atoms with Crippen LogP contribution in [0.2, 0.25) is 18.1 Å². The van der Waals surface area contributed by atoms with Crippen molar-refractivity contribution in [3.05, 3.63) is 0 Å². The lowest BCUT2D eigenvalue weighted by Crippen LogP contribution is -2.24. The van der Waals surface area contributed by atoms with E-state index in [4.69, 9.17) is 0 Å². The van der Waals surface area contributed by atoms with E-state index >= 15 is 0 Å². The molecule has 151 valence electrons. The first kappa shape index (κ1) is 25.2. The van der Waals surface area contributed by atoms with E-state index in [0.717, 1.165) is 17.8 Å². The van der Waals surface area contributed by atoms with Crippen molar-refractivity contribution < 1.29 is 0 Å². The molecule has 0 rings (SSSR count). The van der Waals surface area contributed by atoms with Gasteiger partial charge in [0.2, 0.25) is 0 Å². The molecule has 0 aromatic heterocycles. The van der Waals surface area contributed by atoms with Crippen LogP contribution in [0, 0.1) is 17.8 Å². The van der Waals surface area contributed by atoms with Crippen molar-refractivity contribution in [3.63, 3.8) is 0 Å². The van der Waals surface area contributed by atoms with E-state index in [1.165, 1.54) is 77.0 Å². The summed E-state index contributed by atoms with van der Waals surface area (Å²) in [6.45, 7) is 14.4. The highest BCUT2D eigenvalue weighted by Gasteiger charge is 2.24. The summed E-state index contributed by atoms with van der Waals surface area (Å²) in [6.07, 6.45) is 17.3. The van der Waals surface area contributed by atoms with Crippen LogP contribution in [-0.4, -0.2) is 8.80 Å². The van der Waals surface area contributed by atoms with Gasteiger partial charge < -0.3 is 0 Å². The molecule has 0 nitrogen and oxygen atoms in total. The predicted octanol–water partition coefficient (Wildman–Crippen LogP) is 9.13. The van der Waals surface area contributed by atoms with Crippen molar-refractivity contribution in [1.82, 2.24) is 0 Å². The Balaban J connectivity index is 4.96. The van der Waals surface area contributed by atoms with E-state index in [0.29, 0.717) is 0 Å². The maximum atomic E-state index is 2.39. The highest BCUT2D eigenvalue weighted by atomic mass is 28.3. The second-order valence-electron chi connectivity index (χ2n) is 8.69. The minimum Gasteiger partial charge on any atom is -0.0654 e. The first-order chi connectivity index (χ1) is 12.1. The lowest BCUT2D eigenvalue weighted by Gasteiger charge is -2.29. The zero-order valence-electron chi connectivity index (χ0n) is 18.8. The van der Waals surface area contributed by atoms with E-state index in [-0.39, 0.29) is 8.80 Å². The molecular formula is C24H51Si. The van der Waals surface area contributed by atoms with Gasteiger partial charge in [-0.05, 0) is 17.8 Å². The Labute approximate surface area is 163 Å². The molecule has 1 radical (unpaired) electrons. The summed E-state index contributed by atoms with van der Waals surface area (Å²) in [5.41, 5.74) is 0. The van der Waals surface area contributed by atoms with E-state index in [9.17, 15) is 0 Å². The normalized spacial score (nSPS) is 12.2. The monoisotopic (exact) mass is 367 g/mol. The van der Waals surface area contributed by atoms with Gasteiger partial charge in [-0.1, -0.05) is 137 Å². The van der Waals surface area contributed by atoms with E-state index in [1.54, 1.807) is 18.1 Å². The van der Waals surface area contributed by atoms with E-state index in [1.807, 2.05) is 0 Å². The number of hydrogen-bond acceptors (Lipinski definition) is 0. The standard InChI is InChI=1S/C24H51Si/c1-7-13-22(14-8-2)19-25(20-23(15-9-3)16-10-4)21-24(17-11-5)18-12-6/h22-24H,7-21H2,1-6H3. The molecule has 0 aromatic carbocycles. The Morgan fingerprint density at radius 2 is 0.600 bits per heavy atom. The minimum absolute atomic E-state index is 0.172. The molecular weight excluding hydrogens is 316 g/mol. The summed E-state index contributed by atoms with van der Waals surface area (Å²) in [5, 5.41) is 0. The van der Waals surface area contributed by atoms with E-state index < -0.39 is 0 Å². The van der Waals surface area contributed by atoms with Crippen LogP contribution in [0.5, 0.6) is 0 Å². The van der Waals surface area contributed by atoms with Crippen molar-refractivity contribution in [1.29, 1.82) is 0 Å². The quantitative estimate of drug-likeness (QED) is 0.212. The number of rotatable bonds is 18. The van der Waals surface area contributed by atoms with Gasteiger partial charge in [0.15, 0.2) is 0 Å². The Bertz CT molecular complexity index is 202. The van der Waals surface area contributed by atoms with Crippen molar-refractivity contribution in [2.75, 3.05) is 0 Å². The van der Waals surface area contributed by atoms with Crippen LogP contribution in [0.25, 0.3) is 0 Å². The first-order valence-corrected chi connectivity index (χ1v) is 14.1. The molecule has 0 bridgehead atoms. The van der Waals surface area contributed by atoms with Gasteiger partial charge in [0.25, 0.3) is 0 Å². The third-order valence-electron chi connectivity index (χ3n) is 5.91. The molecule has 0 amide bonds. The van der Waals surface area contributed by atoms with Crippen LogP contribution in [0.3, 0.4) is 0 Å². The lowest BCUT2D eigenvalue weighted by molar-refractivity contribution is 0.442. The maximum absolute atomic E-state index is 2.39. The Kier molecular flexibility index (Phi) is 17.8. The van der Waals surface area contributed by atoms with Gasteiger partial charge in [-0.2, -0.15) is 0 Å². The number of hydrogen-bond donors (Lipinski definition) is 0. The molecule has 0 aliphatic heterocycles. The van der Waals surface area contributed by atoms with Gasteiger partial charge in [0.1, 0.15) is 0 Å². The molecule has 0 atom stereocenters. The second kappa shape index (κ2) is 17.6. The Morgan fingerprint density at radius 1 is 0.400 bits per heavy atom. The smallest absolute Gasteiger partial charge is 0.0487 e. The summed E-state index contributed by atoms with van der Waals surface area (Å²) < 4.78 is 0. The van der Waals surface area contributed by atoms with Crippen LogP contribution >= 0.6 is 0 Å². The van der Waals surface area contributed by atoms with Crippen molar-refractivity contribution in [2.45, 2.75) is 137 Å². The zero-order valence-corrected chi connectivity index (χ0v) is 19.8. The zero-order chi connectivity index (χ0) is 18.9. The molecule has 0 heterocycles. The summed E-state index contributed by atoms with van der Waals surface area (Å²) in [6, 6.07) is 4.88. The summed E-state index contributed by atoms with van der Waals surface area (Å²) in [7, 11) is -0.172. The Morgan fingerprint density at radius 3 is 0.760 bits per heavy atom. The molecule has 0 saturated heterocycles. The molecule has 25 heavy (non-hydrogen) atoms. The van der Waals surface area contributed by atoms with Gasteiger partial charge in [-0.15, -0.1) is 0 Å². The third-order valence-corrected chi connectivity index (χ3v) is 9.38. The third kappa shape index (κ3) is 13.1. The first-order valence-electron chi connectivity index (χ1n) is 12.0. The minimum atomic E-state index is -0.172. The fourth-order valence-corrected chi connectivity index (χ4v) is 9.14. The fraction of sp³-hybridized carbons (Fsp3) is 1.00. The maximum Gasteiger partial charge on any atom is 0.0487 e. The average Bonchev–Trinajstić information content (AvgIpc) is 2.56. The molecule has 0 aromatic rings. The average molecular weight is 368 g/mol. The predicted molar refractivity (Wildman–Crippen MR) is 120 cm³/mol. The molecule has 1 heteroatoms. The topological polar surface area (TPSA) is 0 Å². The summed E-state index contributed by atoms with van der Waals surface area (Å²) >= 11 is 0. The van der Waals surface area contributed by atoms with Crippen LogP contribution in [0.15, 0.2) is 0 Å². The molecule has 0 fully saturated rings. The molecule has 0 aliphatic carbocycles. The van der Waals surface area contributed by atoms with Crippen molar-refractivity contribution in [3.8, 4) is 0 Å². The van der Waals surface area contributed by atoms with Gasteiger partial charge >= 0.3 is 0 Å². The Hall–Kier alpha value is 0.217. The van der Waals surface area contributed by atoms with Crippen LogP contribution < -0.4 is 0 Å². The summed E-state index contributed by atoms with van der Waals surface area (Å²) in [4.78, 5) is 0.